The minimum absolute atomic E-state index is 0.0436. The van der Waals surface area contributed by atoms with Crippen LogP contribution < -0.4 is 0 Å². The quantitative estimate of drug-likeness (QED) is 0.377. The highest BCUT2D eigenvalue weighted by atomic mass is 35.5. The zero-order chi connectivity index (χ0) is 8.97. The Morgan fingerprint density at radius 1 is 1.75 bits per heavy atom. The van der Waals surface area contributed by atoms with Crippen LogP contribution in [0.4, 0.5) is 0 Å². The Labute approximate surface area is 78.8 Å². The number of ketones is 1. The molecule has 0 aliphatic heterocycles. The standard InChI is InChI=1S/C10H15ClO/c1-2-4-9(11)7-8-5-3-6-10(8)12/h2,4,8-9H,3,5-7H2,1H3/b4-2+/i10+1. The van der Waals surface area contributed by atoms with Crippen LogP contribution in [0.2, 0.25) is 0 Å². The van der Waals surface area contributed by atoms with Gasteiger partial charge in [-0.15, -0.1) is 11.6 Å². The molecule has 12 heavy (non-hydrogen) atoms. The maximum atomic E-state index is 11.2. The molecule has 0 N–H and O–H groups in total. The number of carbonyl (C=O) groups excluding carboxylic acids is 1. The molecule has 0 heterocycles. The van der Waals surface area contributed by atoms with E-state index in [0.717, 1.165) is 25.7 Å². The van der Waals surface area contributed by atoms with E-state index in [1.54, 1.807) is 0 Å². The van der Waals surface area contributed by atoms with E-state index in [1.807, 2.05) is 19.1 Å². The Morgan fingerprint density at radius 3 is 3.00 bits per heavy atom. The molecule has 0 aromatic carbocycles. The smallest absolute Gasteiger partial charge is 0.136 e. The molecule has 1 aliphatic rings. The van der Waals surface area contributed by atoms with Gasteiger partial charge in [0.15, 0.2) is 0 Å². The molecule has 0 amide bonds. The average Bonchev–Trinajstić information content (AvgIpc) is 2.37. The highest BCUT2D eigenvalue weighted by Crippen LogP contribution is 2.27. The van der Waals surface area contributed by atoms with E-state index in [2.05, 4.69) is 0 Å². The molecule has 0 saturated heterocycles. The lowest BCUT2D eigenvalue weighted by molar-refractivity contribution is -0.120. The first-order chi connectivity index (χ1) is 5.74. The van der Waals surface area contributed by atoms with E-state index in [0.29, 0.717) is 5.78 Å². The summed E-state index contributed by atoms with van der Waals surface area (Å²) in [6, 6.07) is 0. The van der Waals surface area contributed by atoms with Gasteiger partial charge in [0.25, 0.3) is 0 Å². The van der Waals surface area contributed by atoms with Crippen LogP contribution in [0.25, 0.3) is 0 Å². The summed E-state index contributed by atoms with van der Waals surface area (Å²) in [4.78, 5) is 11.2. The molecule has 1 rings (SSSR count). The van der Waals surface area contributed by atoms with E-state index in [4.69, 9.17) is 11.6 Å². The molecule has 68 valence electrons. The molecular weight excluding hydrogens is 173 g/mol. The highest BCUT2D eigenvalue weighted by molar-refractivity contribution is 6.21. The van der Waals surface area contributed by atoms with Crippen molar-refractivity contribution >= 4 is 17.4 Å². The van der Waals surface area contributed by atoms with Gasteiger partial charge in [-0.3, -0.25) is 4.79 Å². The van der Waals surface area contributed by atoms with Gasteiger partial charge in [0.2, 0.25) is 0 Å². The molecule has 2 unspecified atom stereocenters. The summed E-state index contributed by atoms with van der Waals surface area (Å²) in [7, 11) is 0. The summed E-state index contributed by atoms with van der Waals surface area (Å²) in [6.45, 7) is 1.95. The molecule has 0 aromatic rings. The van der Waals surface area contributed by atoms with Gasteiger partial charge in [0, 0.05) is 12.3 Å². The second-order valence-electron chi connectivity index (χ2n) is 3.33. The second kappa shape index (κ2) is 4.66. The maximum Gasteiger partial charge on any atom is 0.136 e. The minimum atomic E-state index is 0.0436. The van der Waals surface area contributed by atoms with Gasteiger partial charge in [0.05, 0.1) is 5.38 Å². The Bertz CT molecular complexity index is 186. The molecule has 2 atom stereocenters. The zero-order valence-electron chi connectivity index (χ0n) is 7.42. The number of Topliss-reactive ketones (excluding diaryl/α,β-unsaturated/α-hetero) is 1. The summed E-state index contributed by atoms with van der Waals surface area (Å²) >= 11 is 5.99. The van der Waals surface area contributed by atoms with E-state index in [1.165, 1.54) is 0 Å². The van der Waals surface area contributed by atoms with Crippen molar-refractivity contribution in [3.63, 3.8) is 0 Å². The van der Waals surface area contributed by atoms with E-state index in [-0.39, 0.29) is 11.3 Å². The highest BCUT2D eigenvalue weighted by Gasteiger charge is 2.25. The van der Waals surface area contributed by atoms with E-state index < -0.39 is 0 Å². The summed E-state index contributed by atoms with van der Waals surface area (Å²) < 4.78 is 0. The number of allylic oxidation sites excluding steroid dienone is 2. The van der Waals surface area contributed by atoms with Crippen LogP contribution >= 0.6 is 11.6 Å². The van der Waals surface area contributed by atoms with Crippen LogP contribution in [0.3, 0.4) is 0 Å². The van der Waals surface area contributed by atoms with Crippen molar-refractivity contribution < 1.29 is 4.79 Å². The van der Waals surface area contributed by atoms with Crippen LogP contribution in [0, 0.1) is 5.92 Å². The van der Waals surface area contributed by atoms with Gasteiger partial charge in [-0.1, -0.05) is 12.2 Å². The lowest BCUT2D eigenvalue weighted by Crippen LogP contribution is -2.11. The fourth-order valence-corrected chi connectivity index (χ4v) is 2.06. The zero-order valence-corrected chi connectivity index (χ0v) is 8.18. The Hall–Kier alpha value is -0.300. The first-order valence-corrected chi connectivity index (χ1v) is 4.97. The maximum absolute atomic E-state index is 11.2. The monoisotopic (exact) mass is 187 g/mol. The van der Waals surface area contributed by atoms with Crippen molar-refractivity contribution in [1.82, 2.24) is 0 Å². The largest absolute Gasteiger partial charge is 0.299 e. The predicted octanol–water partition coefficient (Wildman–Crippen LogP) is 2.93. The molecule has 1 aliphatic carbocycles. The topological polar surface area (TPSA) is 17.1 Å². The number of halogens is 1. The Kier molecular flexibility index (Phi) is 3.80. The fourth-order valence-electron chi connectivity index (χ4n) is 1.70. The number of hydrogen-bond acceptors (Lipinski definition) is 1. The van der Waals surface area contributed by atoms with Crippen molar-refractivity contribution in [2.75, 3.05) is 0 Å². The normalized spacial score (nSPS) is 26.8. The molecule has 2 heteroatoms. The van der Waals surface area contributed by atoms with Crippen LogP contribution in [-0.4, -0.2) is 11.2 Å². The summed E-state index contributed by atoms with van der Waals surface area (Å²) in [5.41, 5.74) is 0. The number of alkyl halides is 1. The average molecular weight is 188 g/mol. The van der Waals surface area contributed by atoms with Gasteiger partial charge >= 0.3 is 0 Å². The third kappa shape index (κ3) is 2.63. The third-order valence-electron chi connectivity index (χ3n) is 2.34. The van der Waals surface area contributed by atoms with Gasteiger partial charge in [-0.25, -0.2) is 0 Å². The van der Waals surface area contributed by atoms with Crippen LogP contribution in [0.5, 0.6) is 0 Å². The molecular formula is C10H15ClO. The van der Waals surface area contributed by atoms with Gasteiger partial charge < -0.3 is 0 Å². The van der Waals surface area contributed by atoms with Crippen molar-refractivity contribution in [3.8, 4) is 0 Å². The van der Waals surface area contributed by atoms with Crippen molar-refractivity contribution in [2.45, 2.75) is 38.0 Å². The van der Waals surface area contributed by atoms with Crippen LogP contribution in [-0.2, 0) is 4.79 Å². The lowest BCUT2D eigenvalue weighted by atomic mass is 10.1. The van der Waals surface area contributed by atoms with Crippen molar-refractivity contribution in [1.29, 1.82) is 0 Å². The fraction of sp³-hybridized carbons (Fsp3) is 0.700. The first-order valence-electron chi connectivity index (χ1n) is 4.53. The lowest BCUT2D eigenvalue weighted by Gasteiger charge is -2.09. The third-order valence-corrected chi connectivity index (χ3v) is 2.67. The van der Waals surface area contributed by atoms with E-state index >= 15 is 0 Å². The molecule has 1 saturated carbocycles. The Balaban J connectivity index is 2.34. The van der Waals surface area contributed by atoms with Gasteiger partial charge in [-0.2, -0.15) is 0 Å². The minimum Gasteiger partial charge on any atom is -0.299 e. The molecule has 1 nitrogen and oxygen atoms in total. The van der Waals surface area contributed by atoms with Gasteiger partial charge in [-0.05, 0) is 26.2 Å². The summed E-state index contributed by atoms with van der Waals surface area (Å²) in [5, 5.41) is 0.0436. The molecule has 0 bridgehead atoms. The van der Waals surface area contributed by atoms with Gasteiger partial charge in [0.1, 0.15) is 5.78 Å². The Morgan fingerprint density at radius 2 is 2.50 bits per heavy atom. The summed E-state index contributed by atoms with van der Waals surface area (Å²) in [6.07, 6.45) is 7.58. The van der Waals surface area contributed by atoms with E-state index in [9.17, 15) is 4.79 Å². The summed E-state index contributed by atoms with van der Waals surface area (Å²) in [5.74, 6) is 0.647. The number of hydrogen-bond donors (Lipinski definition) is 0. The SMILES string of the molecule is C/C=C/C(Cl)CC1CCC[13C]1=O. The second-order valence-corrected chi connectivity index (χ2v) is 3.89. The first kappa shape index (κ1) is 9.79. The molecule has 1 fully saturated rings. The van der Waals surface area contributed by atoms with Crippen molar-refractivity contribution in [3.05, 3.63) is 12.2 Å². The molecule has 0 spiro atoms. The van der Waals surface area contributed by atoms with Crippen LogP contribution in [0.1, 0.15) is 32.6 Å². The van der Waals surface area contributed by atoms with Crippen LogP contribution in [0.15, 0.2) is 12.2 Å². The number of rotatable bonds is 3. The predicted molar refractivity (Wildman–Crippen MR) is 51.4 cm³/mol. The van der Waals surface area contributed by atoms with Crippen molar-refractivity contribution in [2.24, 2.45) is 5.92 Å². The number of carbonyl (C=O) groups is 1. The molecule has 0 radical (unpaired) electrons. The molecule has 0 aromatic heterocycles.